The van der Waals surface area contributed by atoms with Crippen molar-refractivity contribution in [2.24, 2.45) is 0 Å². The van der Waals surface area contributed by atoms with Gasteiger partial charge in [-0.25, -0.2) is 8.42 Å². The summed E-state index contributed by atoms with van der Waals surface area (Å²) in [5.74, 6) is 0. The zero-order valence-corrected chi connectivity index (χ0v) is 12.9. The number of alkyl halides is 2. The van der Waals surface area contributed by atoms with Gasteiger partial charge in [-0.15, -0.1) is 0 Å². The van der Waals surface area contributed by atoms with Gasteiger partial charge in [-0.2, -0.15) is 0 Å². The van der Waals surface area contributed by atoms with Crippen LogP contribution in [-0.2, 0) is 9.84 Å². The molecular formula is C9H9Br2ClO3S. The van der Waals surface area contributed by atoms with Crippen LogP contribution < -0.4 is 0 Å². The van der Waals surface area contributed by atoms with Crippen molar-refractivity contribution in [2.75, 3.05) is 6.26 Å². The normalized spacial score (nSPS) is 14.8. The first-order valence-corrected chi connectivity index (χ1v) is 8.02. The highest BCUT2D eigenvalue weighted by Crippen LogP contribution is 2.44. The van der Waals surface area contributed by atoms with Gasteiger partial charge in [0.2, 0.25) is 2.57 Å². The molecule has 7 heteroatoms. The second-order valence-electron chi connectivity index (χ2n) is 3.29. The molecule has 1 aromatic rings. The van der Waals surface area contributed by atoms with Gasteiger partial charge in [0.1, 0.15) is 6.10 Å². The highest BCUT2D eigenvalue weighted by Gasteiger charge is 2.43. The lowest BCUT2D eigenvalue weighted by Gasteiger charge is -2.25. The Kier molecular flexibility index (Phi) is 4.46. The van der Waals surface area contributed by atoms with Crippen LogP contribution in [-0.4, -0.2) is 22.3 Å². The zero-order chi connectivity index (χ0) is 12.6. The minimum absolute atomic E-state index is 0.409. The molecular weight excluding hydrogens is 383 g/mol. The third kappa shape index (κ3) is 2.98. The molecule has 0 saturated heterocycles. The Labute approximate surface area is 116 Å². The Hall–Kier alpha value is 0.380. The van der Waals surface area contributed by atoms with Crippen LogP contribution in [0, 0.1) is 0 Å². The van der Waals surface area contributed by atoms with E-state index in [1.807, 2.05) is 0 Å². The fourth-order valence-corrected chi connectivity index (χ4v) is 2.34. The third-order valence-electron chi connectivity index (χ3n) is 1.98. The quantitative estimate of drug-likeness (QED) is 0.805. The summed E-state index contributed by atoms with van der Waals surface area (Å²) in [5.41, 5.74) is 0.409. The first kappa shape index (κ1) is 14.4. The van der Waals surface area contributed by atoms with Crippen LogP contribution in [0.15, 0.2) is 24.3 Å². The van der Waals surface area contributed by atoms with Gasteiger partial charge in [-0.1, -0.05) is 55.6 Å². The van der Waals surface area contributed by atoms with E-state index in [0.29, 0.717) is 10.6 Å². The van der Waals surface area contributed by atoms with Crippen LogP contribution in [0.1, 0.15) is 11.7 Å². The van der Waals surface area contributed by atoms with Gasteiger partial charge in [0.25, 0.3) is 0 Å². The molecule has 1 rings (SSSR count). The van der Waals surface area contributed by atoms with Crippen molar-refractivity contribution < 1.29 is 13.5 Å². The van der Waals surface area contributed by atoms with Crippen molar-refractivity contribution >= 4 is 53.3 Å². The van der Waals surface area contributed by atoms with Crippen LogP contribution in [0.4, 0.5) is 0 Å². The first-order valence-electron chi connectivity index (χ1n) is 4.17. The molecule has 0 aliphatic rings. The molecule has 0 unspecified atom stereocenters. The van der Waals surface area contributed by atoms with Gasteiger partial charge in [0, 0.05) is 11.3 Å². The molecule has 0 aliphatic carbocycles. The number of aliphatic hydroxyl groups is 1. The van der Waals surface area contributed by atoms with Gasteiger partial charge in [0.15, 0.2) is 9.84 Å². The van der Waals surface area contributed by atoms with E-state index in [1.165, 1.54) is 6.07 Å². The van der Waals surface area contributed by atoms with E-state index in [1.54, 1.807) is 18.2 Å². The van der Waals surface area contributed by atoms with Crippen molar-refractivity contribution in [3.8, 4) is 0 Å². The minimum atomic E-state index is -3.52. The first-order chi connectivity index (χ1) is 7.16. The minimum Gasteiger partial charge on any atom is -0.385 e. The van der Waals surface area contributed by atoms with Crippen LogP contribution in [0.2, 0.25) is 5.02 Å². The Morgan fingerprint density at radius 3 is 2.44 bits per heavy atom. The molecule has 1 aromatic carbocycles. The third-order valence-corrected chi connectivity index (χ3v) is 7.82. The molecule has 90 valence electrons. The summed E-state index contributed by atoms with van der Waals surface area (Å²) in [4.78, 5) is 0. The van der Waals surface area contributed by atoms with Gasteiger partial charge in [-0.3, -0.25) is 0 Å². The molecule has 0 saturated carbocycles. The number of halogens is 3. The Balaban J connectivity index is 3.17. The van der Waals surface area contributed by atoms with Crippen LogP contribution >= 0.6 is 43.5 Å². The van der Waals surface area contributed by atoms with Crippen molar-refractivity contribution in [1.29, 1.82) is 0 Å². The average Bonchev–Trinajstić information content (AvgIpc) is 2.14. The van der Waals surface area contributed by atoms with Crippen molar-refractivity contribution in [3.05, 3.63) is 34.9 Å². The SMILES string of the molecule is CS(=O)(=O)C(Br)(Br)[C@H](O)c1cccc(Cl)c1. The molecule has 1 atom stereocenters. The van der Waals surface area contributed by atoms with Gasteiger partial charge < -0.3 is 5.11 Å². The van der Waals surface area contributed by atoms with E-state index in [0.717, 1.165) is 6.26 Å². The van der Waals surface area contributed by atoms with E-state index in [2.05, 4.69) is 31.9 Å². The number of hydrogen-bond acceptors (Lipinski definition) is 3. The summed E-state index contributed by atoms with van der Waals surface area (Å²) < 4.78 is 21.3. The monoisotopic (exact) mass is 390 g/mol. The van der Waals surface area contributed by atoms with Crippen LogP contribution in [0.25, 0.3) is 0 Å². The summed E-state index contributed by atoms with van der Waals surface area (Å²) in [7, 11) is -3.52. The average molecular weight is 392 g/mol. The topological polar surface area (TPSA) is 54.4 Å². The molecule has 16 heavy (non-hydrogen) atoms. The van der Waals surface area contributed by atoms with Crippen molar-refractivity contribution in [3.63, 3.8) is 0 Å². The fraction of sp³-hybridized carbons (Fsp3) is 0.333. The second kappa shape index (κ2) is 4.94. The molecule has 0 aliphatic heterocycles. The zero-order valence-electron chi connectivity index (χ0n) is 8.19. The Morgan fingerprint density at radius 1 is 1.44 bits per heavy atom. The summed E-state index contributed by atoms with van der Waals surface area (Å²) in [6.45, 7) is 0. The molecule has 0 heterocycles. The molecule has 0 bridgehead atoms. The van der Waals surface area contributed by atoms with Crippen LogP contribution in [0.5, 0.6) is 0 Å². The van der Waals surface area contributed by atoms with Crippen molar-refractivity contribution in [2.45, 2.75) is 8.67 Å². The lowest BCUT2D eigenvalue weighted by molar-refractivity contribution is 0.189. The number of hydrogen-bond donors (Lipinski definition) is 1. The molecule has 0 amide bonds. The molecule has 0 fully saturated rings. The number of benzene rings is 1. The van der Waals surface area contributed by atoms with Gasteiger partial charge in [0.05, 0.1) is 0 Å². The molecule has 3 nitrogen and oxygen atoms in total. The lowest BCUT2D eigenvalue weighted by Crippen LogP contribution is -2.31. The maximum atomic E-state index is 11.5. The Morgan fingerprint density at radius 2 is 2.00 bits per heavy atom. The van der Waals surface area contributed by atoms with E-state index in [-0.39, 0.29) is 0 Å². The number of rotatable bonds is 3. The molecule has 1 N–H and O–H groups in total. The fourth-order valence-electron chi connectivity index (χ4n) is 1.07. The van der Waals surface area contributed by atoms with Crippen molar-refractivity contribution in [1.82, 2.24) is 0 Å². The van der Waals surface area contributed by atoms with E-state index < -0.39 is 18.5 Å². The predicted octanol–water partition coefficient (Wildman–Crippen LogP) is 2.86. The number of aliphatic hydroxyl groups excluding tert-OH is 1. The summed E-state index contributed by atoms with van der Waals surface area (Å²) in [6.07, 6.45) is -0.245. The summed E-state index contributed by atoms with van der Waals surface area (Å²) in [5, 5.41) is 10.4. The summed E-state index contributed by atoms with van der Waals surface area (Å²) >= 11 is 11.7. The van der Waals surface area contributed by atoms with Gasteiger partial charge in [-0.05, 0) is 17.7 Å². The maximum Gasteiger partial charge on any atom is 0.210 e. The number of sulfone groups is 1. The summed E-state index contributed by atoms with van der Waals surface area (Å²) in [6, 6.07) is 6.38. The van der Waals surface area contributed by atoms with E-state index in [4.69, 9.17) is 11.6 Å². The highest BCUT2D eigenvalue weighted by atomic mass is 79.9. The van der Waals surface area contributed by atoms with E-state index in [9.17, 15) is 13.5 Å². The van der Waals surface area contributed by atoms with E-state index >= 15 is 0 Å². The second-order valence-corrected chi connectivity index (χ2v) is 10.5. The Bertz CT molecular complexity index is 487. The molecule has 0 radical (unpaired) electrons. The largest absolute Gasteiger partial charge is 0.385 e. The predicted molar refractivity (Wildman–Crippen MR) is 71.8 cm³/mol. The van der Waals surface area contributed by atoms with Crippen LogP contribution in [0.3, 0.4) is 0 Å². The lowest BCUT2D eigenvalue weighted by atomic mass is 10.1. The standard InChI is InChI=1S/C9H9Br2ClO3S/c1-16(14,15)9(10,11)8(13)6-3-2-4-7(12)5-6/h2-5,8,13H,1H3/t8-/m1/s1. The molecule has 0 aromatic heterocycles. The highest BCUT2D eigenvalue weighted by molar-refractivity contribution is 9.27. The smallest absolute Gasteiger partial charge is 0.210 e. The maximum absolute atomic E-state index is 11.5. The molecule has 0 spiro atoms. The van der Waals surface area contributed by atoms with Gasteiger partial charge >= 0.3 is 0 Å².